The zero-order chi connectivity index (χ0) is 11.7. The Hall–Kier alpha value is -2.02. The van der Waals surface area contributed by atoms with Crippen molar-refractivity contribution in [2.75, 3.05) is 0 Å². The standard InChI is InChI=1S/C16H14O/c17-16-10-9-14-6-5-12-3-1-2-4-13(12)7-8-15(14)11-16/h1-6,9-11,17H,7-8H2. The molecule has 1 nitrogen and oxygen atoms in total. The van der Waals surface area contributed by atoms with Gasteiger partial charge in [0.15, 0.2) is 0 Å². The Morgan fingerprint density at radius 2 is 1.47 bits per heavy atom. The highest BCUT2D eigenvalue weighted by Gasteiger charge is 2.07. The Labute approximate surface area is 101 Å². The van der Waals surface area contributed by atoms with Crippen LogP contribution >= 0.6 is 0 Å². The van der Waals surface area contributed by atoms with E-state index >= 15 is 0 Å². The minimum absolute atomic E-state index is 0.353. The second kappa shape index (κ2) is 4.10. The van der Waals surface area contributed by atoms with Crippen molar-refractivity contribution >= 4 is 12.2 Å². The number of aryl methyl sites for hydroxylation is 2. The Morgan fingerprint density at radius 3 is 2.35 bits per heavy atom. The first-order chi connectivity index (χ1) is 8.33. The van der Waals surface area contributed by atoms with Gasteiger partial charge in [0.1, 0.15) is 5.75 Å². The van der Waals surface area contributed by atoms with Crippen molar-refractivity contribution in [3.63, 3.8) is 0 Å². The zero-order valence-electron chi connectivity index (χ0n) is 9.56. The summed E-state index contributed by atoms with van der Waals surface area (Å²) in [6, 6.07) is 14.1. The molecule has 0 bridgehead atoms. The molecule has 0 saturated carbocycles. The second-order valence-corrected chi connectivity index (χ2v) is 4.42. The fraction of sp³-hybridized carbons (Fsp3) is 0.125. The summed E-state index contributed by atoms with van der Waals surface area (Å²) < 4.78 is 0. The van der Waals surface area contributed by atoms with Gasteiger partial charge in [0.2, 0.25) is 0 Å². The third-order valence-electron chi connectivity index (χ3n) is 3.29. The van der Waals surface area contributed by atoms with Crippen LogP contribution in [0.3, 0.4) is 0 Å². The van der Waals surface area contributed by atoms with Crippen molar-refractivity contribution in [2.24, 2.45) is 0 Å². The van der Waals surface area contributed by atoms with E-state index in [2.05, 4.69) is 36.4 Å². The van der Waals surface area contributed by atoms with Crippen molar-refractivity contribution in [1.29, 1.82) is 0 Å². The molecule has 84 valence electrons. The molecule has 0 aliphatic heterocycles. The maximum Gasteiger partial charge on any atom is 0.115 e. The maximum absolute atomic E-state index is 9.52. The molecule has 1 aliphatic rings. The molecule has 3 rings (SSSR count). The van der Waals surface area contributed by atoms with E-state index in [1.54, 1.807) is 6.07 Å². The molecule has 1 heteroatoms. The van der Waals surface area contributed by atoms with Gasteiger partial charge in [-0.25, -0.2) is 0 Å². The zero-order valence-corrected chi connectivity index (χ0v) is 9.56. The van der Waals surface area contributed by atoms with Gasteiger partial charge in [-0.15, -0.1) is 0 Å². The SMILES string of the molecule is Oc1ccc2c(c1)CCc1ccccc1C=C2. The van der Waals surface area contributed by atoms with Gasteiger partial charge in [-0.1, -0.05) is 42.5 Å². The van der Waals surface area contributed by atoms with Crippen LogP contribution in [-0.2, 0) is 12.8 Å². The molecule has 1 N–H and O–H groups in total. The first-order valence-corrected chi connectivity index (χ1v) is 5.91. The van der Waals surface area contributed by atoms with Crippen molar-refractivity contribution in [3.8, 4) is 5.75 Å². The Balaban J connectivity index is 2.09. The number of hydrogen-bond donors (Lipinski definition) is 1. The Kier molecular flexibility index (Phi) is 2.45. The summed E-state index contributed by atoms with van der Waals surface area (Å²) in [6.07, 6.45) is 6.29. The molecule has 0 aromatic heterocycles. The molecule has 17 heavy (non-hydrogen) atoms. The van der Waals surface area contributed by atoms with E-state index in [9.17, 15) is 5.11 Å². The number of phenols is 1. The molecule has 0 atom stereocenters. The van der Waals surface area contributed by atoms with E-state index < -0.39 is 0 Å². The van der Waals surface area contributed by atoms with E-state index in [1.165, 1.54) is 22.3 Å². The van der Waals surface area contributed by atoms with Crippen molar-refractivity contribution in [3.05, 3.63) is 64.7 Å². The monoisotopic (exact) mass is 222 g/mol. The fourth-order valence-corrected chi connectivity index (χ4v) is 2.34. The van der Waals surface area contributed by atoms with Gasteiger partial charge in [0.05, 0.1) is 0 Å². The van der Waals surface area contributed by atoms with Gasteiger partial charge in [0.25, 0.3) is 0 Å². The molecular formula is C16H14O. The lowest BCUT2D eigenvalue weighted by Crippen LogP contribution is -1.98. The summed E-state index contributed by atoms with van der Waals surface area (Å²) in [6.45, 7) is 0. The molecular weight excluding hydrogens is 208 g/mol. The van der Waals surface area contributed by atoms with Gasteiger partial charge in [-0.2, -0.15) is 0 Å². The van der Waals surface area contributed by atoms with E-state index in [-0.39, 0.29) is 0 Å². The molecule has 2 aromatic rings. The Morgan fingerprint density at radius 1 is 0.765 bits per heavy atom. The van der Waals surface area contributed by atoms with Crippen LogP contribution in [0.25, 0.3) is 12.2 Å². The molecule has 2 aromatic carbocycles. The summed E-state index contributed by atoms with van der Waals surface area (Å²) in [4.78, 5) is 0. The summed E-state index contributed by atoms with van der Waals surface area (Å²) in [7, 11) is 0. The van der Waals surface area contributed by atoms with E-state index in [4.69, 9.17) is 0 Å². The van der Waals surface area contributed by atoms with Gasteiger partial charge in [-0.05, 0) is 47.2 Å². The molecule has 0 heterocycles. The molecule has 1 aliphatic carbocycles. The lowest BCUT2D eigenvalue weighted by Gasteiger charge is -2.12. The maximum atomic E-state index is 9.52. The first kappa shape index (κ1) is 10.2. The molecule has 0 spiro atoms. The Bertz CT molecular complexity index is 582. The highest BCUT2D eigenvalue weighted by molar-refractivity contribution is 5.73. The quantitative estimate of drug-likeness (QED) is 0.721. The lowest BCUT2D eigenvalue weighted by atomic mass is 9.93. The predicted molar refractivity (Wildman–Crippen MR) is 70.9 cm³/mol. The average molecular weight is 222 g/mol. The normalized spacial score (nSPS) is 13.4. The summed E-state index contributed by atoms with van der Waals surface area (Å²) in [5.41, 5.74) is 5.09. The summed E-state index contributed by atoms with van der Waals surface area (Å²) in [5.74, 6) is 0.353. The number of hydrogen-bond acceptors (Lipinski definition) is 1. The van der Waals surface area contributed by atoms with Crippen LogP contribution in [0.1, 0.15) is 22.3 Å². The highest BCUT2D eigenvalue weighted by Crippen LogP contribution is 2.24. The fourth-order valence-electron chi connectivity index (χ4n) is 2.34. The van der Waals surface area contributed by atoms with Crippen molar-refractivity contribution in [1.82, 2.24) is 0 Å². The largest absolute Gasteiger partial charge is 0.508 e. The highest BCUT2D eigenvalue weighted by atomic mass is 16.3. The predicted octanol–water partition coefficient (Wildman–Crippen LogP) is 3.66. The van der Waals surface area contributed by atoms with Crippen LogP contribution in [0.2, 0.25) is 0 Å². The van der Waals surface area contributed by atoms with Crippen LogP contribution in [0.5, 0.6) is 5.75 Å². The van der Waals surface area contributed by atoms with Crippen LogP contribution < -0.4 is 0 Å². The molecule has 0 saturated heterocycles. The summed E-state index contributed by atoms with van der Waals surface area (Å²) in [5, 5.41) is 9.52. The molecule has 0 amide bonds. The molecule has 0 radical (unpaired) electrons. The van der Waals surface area contributed by atoms with E-state index in [1.807, 2.05) is 12.1 Å². The van der Waals surface area contributed by atoms with E-state index in [0.29, 0.717) is 5.75 Å². The van der Waals surface area contributed by atoms with Crippen LogP contribution in [0, 0.1) is 0 Å². The lowest BCUT2D eigenvalue weighted by molar-refractivity contribution is 0.474. The summed E-state index contributed by atoms with van der Waals surface area (Å²) >= 11 is 0. The number of fused-ring (bicyclic) bond motifs is 2. The average Bonchev–Trinajstić information content (AvgIpc) is 2.33. The number of benzene rings is 2. The molecule has 0 fully saturated rings. The smallest absolute Gasteiger partial charge is 0.115 e. The number of aromatic hydroxyl groups is 1. The van der Waals surface area contributed by atoms with Crippen LogP contribution in [0.4, 0.5) is 0 Å². The minimum Gasteiger partial charge on any atom is -0.508 e. The van der Waals surface area contributed by atoms with Crippen molar-refractivity contribution in [2.45, 2.75) is 12.8 Å². The van der Waals surface area contributed by atoms with Gasteiger partial charge < -0.3 is 5.11 Å². The topological polar surface area (TPSA) is 20.2 Å². The minimum atomic E-state index is 0.353. The van der Waals surface area contributed by atoms with Crippen LogP contribution in [0.15, 0.2) is 42.5 Å². The van der Waals surface area contributed by atoms with Gasteiger partial charge >= 0.3 is 0 Å². The third kappa shape index (κ3) is 1.96. The molecule has 0 unspecified atom stereocenters. The third-order valence-corrected chi connectivity index (χ3v) is 3.29. The van der Waals surface area contributed by atoms with Gasteiger partial charge in [0, 0.05) is 0 Å². The van der Waals surface area contributed by atoms with Gasteiger partial charge in [-0.3, -0.25) is 0 Å². The number of phenolic OH excluding ortho intramolecular Hbond substituents is 1. The van der Waals surface area contributed by atoms with Crippen LogP contribution in [-0.4, -0.2) is 5.11 Å². The second-order valence-electron chi connectivity index (χ2n) is 4.42. The van der Waals surface area contributed by atoms with Crippen molar-refractivity contribution < 1.29 is 5.11 Å². The van der Waals surface area contributed by atoms with E-state index in [0.717, 1.165) is 12.8 Å². The first-order valence-electron chi connectivity index (χ1n) is 5.91. The number of rotatable bonds is 0.